The van der Waals surface area contributed by atoms with Gasteiger partial charge in [-0.05, 0) is 42.5 Å². The summed E-state index contributed by atoms with van der Waals surface area (Å²) in [4.78, 5) is 23.0. The van der Waals surface area contributed by atoms with Crippen molar-refractivity contribution in [2.75, 3.05) is 5.32 Å². The fraction of sp³-hybridized carbons (Fsp3) is 0.0667. The van der Waals surface area contributed by atoms with E-state index in [0.29, 0.717) is 5.69 Å². The van der Waals surface area contributed by atoms with Crippen molar-refractivity contribution >= 4 is 17.5 Å². The molecule has 3 N–H and O–H groups in total. The summed E-state index contributed by atoms with van der Waals surface area (Å²) in [7, 11) is 0. The van der Waals surface area contributed by atoms with Crippen molar-refractivity contribution in [2.45, 2.75) is 6.18 Å². The van der Waals surface area contributed by atoms with Crippen LogP contribution in [0.4, 0.5) is 18.9 Å². The van der Waals surface area contributed by atoms with Crippen LogP contribution in [0, 0.1) is 0 Å². The van der Waals surface area contributed by atoms with E-state index in [1.165, 1.54) is 24.3 Å². The zero-order chi connectivity index (χ0) is 16.3. The first-order valence-electron chi connectivity index (χ1n) is 6.16. The molecule has 2 rings (SSSR count). The van der Waals surface area contributed by atoms with Crippen LogP contribution in [0.2, 0.25) is 0 Å². The van der Waals surface area contributed by atoms with Crippen LogP contribution in [0.25, 0.3) is 0 Å². The molecule has 22 heavy (non-hydrogen) atoms. The molecule has 2 amide bonds. The largest absolute Gasteiger partial charge is 0.416 e. The lowest BCUT2D eigenvalue weighted by molar-refractivity contribution is -0.137. The van der Waals surface area contributed by atoms with Gasteiger partial charge in [0.25, 0.3) is 5.91 Å². The molecule has 0 aliphatic heterocycles. The molecule has 0 heterocycles. The lowest BCUT2D eigenvalue weighted by Gasteiger charge is -2.09. The fourth-order valence-electron chi connectivity index (χ4n) is 1.76. The summed E-state index contributed by atoms with van der Waals surface area (Å²) < 4.78 is 37.3. The number of hydrogen-bond acceptors (Lipinski definition) is 2. The number of halogens is 3. The number of benzene rings is 2. The third-order valence-electron chi connectivity index (χ3n) is 2.88. The number of carbonyl (C=O) groups is 2. The molecule has 0 radical (unpaired) electrons. The second-order valence-corrected chi connectivity index (χ2v) is 4.47. The van der Waals surface area contributed by atoms with Crippen LogP contribution >= 0.6 is 0 Å². The molecular formula is C15H11F3N2O2. The molecule has 0 fully saturated rings. The normalized spacial score (nSPS) is 11.0. The van der Waals surface area contributed by atoms with E-state index in [1.807, 2.05) is 0 Å². The van der Waals surface area contributed by atoms with Gasteiger partial charge in [-0.2, -0.15) is 13.2 Å². The van der Waals surface area contributed by atoms with Gasteiger partial charge < -0.3 is 11.1 Å². The number of hydrogen-bond donors (Lipinski definition) is 2. The summed E-state index contributed by atoms with van der Waals surface area (Å²) >= 11 is 0. The number of rotatable bonds is 3. The average molecular weight is 308 g/mol. The first kappa shape index (κ1) is 15.6. The Morgan fingerprint density at radius 1 is 0.955 bits per heavy atom. The van der Waals surface area contributed by atoms with Gasteiger partial charge in [-0.1, -0.05) is 6.07 Å². The molecule has 0 aromatic heterocycles. The van der Waals surface area contributed by atoms with Gasteiger partial charge in [-0.25, -0.2) is 0 Å². The molecule has 0 bridgehead atoms. The van der Waals surface area contributed by atoms with Crippen LogP contribution in [-0.2, 0) is 6.18 Å². The summed E-state index contributed by atoms with van der Waals surface area (Å²) in [5.41, 5.74) is 4.89. The van der Waals surface area contributed by atoms with Crippen LogP contribution in [-0.4, -0.2) is 11.8 Å². The number of anilines is 1. The van der Waals surface area contributed by atoms with Crippen molar-refractivity contribution in [1.29, 1.82) is 0 Å². The maximum atomic E-state index is 12.4. The maximum absolute atomic E-state index is 12.4. The van der Waals surface area contributed by atoms with Gasteiger partial charge >= 0.3 is 6.18 Å². The molecule has 2 aromatic carbocycles. The summed E-state index contributed by atoms with van der Waals surface area (Å²) in [5, 5.41) is 2.48. The van der Waals surface area contributed by atoms with Gasteiger partial charge in [0.2, 0.25) is 5.91 Å². The second-order valence-electron chi connectivity index (χ2n) is 4.47. The smallest absolute Gasteiger partial charge is 0.366 e. The first-order valence-corrected chi connectivity index (χ1v) is 6.16. The SMILES string of the molecule is NC(=O)c1cccc(NC(=O)c2ccc(C(F)(F)F)cc2)c1. The number of nitrogens with one attached hydrogen (secondary N) is 1. The van der Waals surface area contributed by atoms with Crippen molar-refractivity contribution in [3.8, 4) is 0 Å². The third-order valence-corrected chi connectivity index (χ3v) is 2.88. The molecule has 0 unspecified atom stereocenters. The Morgan fingerprint density at radius 3 is 2.14 bits per heavy atom. The molecule has 4 nitrogen and oxygen atoms in total. The highest BCUT2D eigenvalue weighted by molar-refractivity contribution is 6.05. The molecule has 0 saturated heterocycles. The number of amides is 2. The fourth-order valence-corrected chi connectivity index (χ4v) is 1.76. The van der Waals surface area contributed by atoms with E-state index in [2.05, 4.69) is 5.32 Å². The summed E-state index contributed by atoms with van der Waals surface area (Å²) in [6.45, 7) is 0. The van der Waals surface area contributed by atoms with E-state index in [0.717, 1.165) is 24.3 Å². The molecular weight excluding hydrogens is 297 g/mol. The van der Waals surface area contributed by atoms with E-state index < -0.39 is 23.6 Å². The molecule has 0 aliphatic carbocycles. The van der Waals surface area contributed by atoms with E-state index in [1.54, 1.807) is 0 Å². The van der Waals surface area contributed by atoms with Gasteiger partial charge in [0.1, 0.15) is 0 Å². The zero-order valence-electron chi connectivity index (χ0n) is 11.1. The third kappa shape index (κ3) is 3.63. The van der Waals surface area contributed by atoms with E-state index >= 15 is 0 Å². The van der Waals surface area contributed by atoms with E-state index in [4.69, 9.17) is 5.73 Å². The van der Waals surface area contributed by atoms with Crippen LogP contribution in [0.5, 0.6) is 0 Å². The van der Waals surface area contributed by atoms with Crippen molar-refractivity contribution in [1.82, 2.24) is 0 Å². The minimum absolute atomic E-state index is 0.0671. The van der Waals surface area contributed by atoms with Crippen molar-refractivity contribution in [3.63, 3.8) is 0 Å². The zero-order valence-corrected chi connectivity index (χ0v) is 11.1. The van der Waals surface area contributed by atoms with Crippen molar-refractivity contribution in [2.24, 2.45) is 5.73 Å². The molecule has 0 saturated carbocycles. The highest BCUT2D eigenvalue weighted by atomic mass is 19.4. The summed E-state index contributed by atoms with van der Waals surface area (Å²) in [6.07, 6.45) is -4.45. The van der Waals surface area contributed by atoms with Crippen LogP contribution in [0.1, 0.15) is 26.3 Å². The van der Waals surface area contributed by atoms with Gasteiger partial charge in [0.05, 0.1) is 5.56 Å². The molecule has 114 valence electrons. The van der Waals surface area contributed by atoms with Gasteiger partial charge in [-0.3, -0.25) is 9.59 Å². The second kappa shape index (κ2) is 5.88. The predicted molar refractivity (Wildman–Crippen MR) is 74.4 cm³/mol. The van der Waals surface area contributed by atoms with Gasteiger partial charge in [0, 0.05) is 16.8 Å². The number of carbonyl (C=O) groups excluding carboxylic acids is 2. The Labute approximate surface area is 123 Å². The minimum atomic E-state index is -4.45. The van der Waals surface area contributed by atoms with E-state index in [-0.39, 0.29) is 11.1 Å². The monoisotopic (exact) mass is 308 g/mol. The molecule has 7 heteroatoms. The summed E-state index contributed by atoms with van der Waals surface area (Å²) in [5.74, 6) is -1.24. The minimum Gasteiger partial charge on any atom is -0.366 e. The maximum Gasteiger partial charge on any atom is 0.416 e. The molecule has 2 aromatic rings. The van der Waals surface area contributed by atoms with Crippen LogP contribution < -0.4 is 11.1 Å². The Balaban J connectivity index is 2.15. The standard InChI is InChI=1S/C15H11F3N2O2/c16-15(17,18)11-6-4-9(5-7-11)14(22)20-12-3-1-2-10(8-12)13(19)21/h1-8H,(H2,19,21)(H,20,22). The van der Waals surface area contributed by atoms with E-state index in [9.17, 15) is 22.8 Å². The number of nitrogens with two attached hydrogens (primary N) is 1. The first-order chi connectivity index (χ1) is 10.3. The van der Waals surface area contributed by atoms with Crippen LogP contribution in [0.3, 0.4) is 0 Å². The molecule has 0 spiro atoms. The van der Waals surface area contributed by atoms with Crippen molar-refractivity contribution < 1.29 is 22.8 Å². The van der Waals surface area contributed by atoms with Gasteiger partial charge in [0.15, 0.2) is 0 Å². The lowest BCUT2D eigenvalue weighted by atomic mass is 10.1. The number of alkyl halides is 3. The Morgan fingerprint density at radius 2 is 1.59 bits per heavy atom. The van der Waals surface area contributed by atoms with Crippen molar-refractivity contribution in [3.05, 3.63) is 65.2 Å². The molecule has 0 aliphatic rings. The summed E-state index contributed by atoms with van der Waals surface area (Å²) in [6, 6.07) is 9.74. The highest BCUT2D eigenvalue weighted by Crippen LogP contribution is 2.29. The average Bonchev–Trinajstić information content (AvgIpc) is 2.46. The molecule has 0 atom stereocenters. The highest BCUT2D eigenvalue weighted by Gasteiger charge is 2.30. The Kier molecular flexibility index (Phi) is 4.16. The topological polar surface area (TPSA) is 72.2 Å². The Hall–Kier alpha value is -2.83. The lowest BCUT2D eigenvalue weighted by Crippen LogP contribution is -2.14. The quantitative estimate of drug-likeness (QED) is 0.914. The predicted octanol–water partition coefficient (Wildman–Crippen LogP) is 3.06. The van der Waals surface area contributed by atoms with Gasteiger partial charge in [-0.15, -0.1) is 0 Å². The number of primary amides is 1. The Bertz CT molecular complexity index is 709. The van der Waals surface area contributed by atoms with Crippen LogP contribution in [0.15, 0.2) is 48.5 Å².